The van der Waals surface area contributed by atoms with Crippen LogP contribution in [0.4, 0.5) is 0 Å². The smallest absolute Gasteiger partial charge is 0.227 e. The maximum absolute atomic E-state index is 12.6. The summed E-state index contributed by atoms with van der Waals surface area (Å²) in [6, 6.07) is 19.4. The number of carbonyl (C=O) groups excluding carboxylic acids is 1. The van der Waals surface area contributed by atoms with Crippen molar-refractivity contribution in [2.45, 2.75) is 18.9 Å². The van der Waals surface area contributed by atoms with Crippen LogP contribution in [0, 0.1) is 5.92 Å². The van der Waals surface area contributed by atoms with Crippen molar-refractivity contribution in [3.63, 3.8) is 0 Å². The lowest BCUT2D eigenvalue weighted by Crippen LogP contribution is -2.31. The lowest BCUT2D eigenvalue weighted by Gasteiger charge is -2.16. The number of β-amino-alcohol motifs (C(OH)–C–C–N with tert-alkyl or cyclic N) is 1. The first-order valence-corrected chi connectivity index (χ1v) is 9.51. The summed E-state index contributed by atoms with van der Waals surface area (Å²) in [5.74, 6) is 0.0206. The van der Waals surface area contributed by atoms with Gasteiger partial charge in [-0.2, -0.15) is 0 Å². The number of aromatic nitrogens is 1. The van der Waals surface area contributed by atoms with Crippen molar-refractivity contribution in [3.05, 3.63) is 76.9 Å². The lowest BCUT2D eigenvalue weighted by molar-refractivity contribution is -0.129. The molecule has 138 valence electrons. The first-order chi connectivity index (χ1) is 13.1. The molecule has 1 N–H and O–H groups in total. The number of hydrogen-bond donors (Lipinski definition) is 1. The minimum absolute atomic E-state index is 0.00183. The monoisotopic (exact) mass is 380 g/mol. The predicted octanol–water partition coefficient (Wildman–Crippen LogP) is 3.49. The van der Waals surface area contributed by atoms with E-state index in [-0.39, 0.29) is 11.8 Å². The molecule has 1 aromatic heterocycles. The van der Waals surface area contributed by atoms with Crippen molar-refractivity contribution in [3.8, 4) is 0 Å². The van der Waals surface area contributed by atoms with Crippen molar-refractivity contribution >= 4 is 28.4 Å². The van der Waals surface area contributed by atoms with Crippen LogP contribution in [0.2, 0.25) is 5.02 Å². The lowest BCUT2D eigenvalue weighted by atomic mass is 9.99. The van der Waals surface area contributed by atoms with Crippen molar-refractivity contribution in [1.29, 1.82) is 0 Å². The minimum Gasteiger partial charge on any atom is -0.391 e. The number of aliphatic hydroxyl groups is 1. The molecule has 1 fully saturated rings. The van der Waals surface area contributed by atoms with Crippen molar-refractivity contribution in [2.24, 2.45) is 5.92 Å². The second-order valence-corrected chi connectivity index (χ2v) is 7.57. The molecule has 1 saturated heterocycles. The van der Waals surface area contributed by atoms with Crippen LogP contribution < -0.4 is 0 Å². The predicted molar refractivity (Wildman–Crippen MR) is 107 cm³/mol. The number of fused-ring (bicyclic) bond motifs is 1. The van der Waals surface area contributed by atoms with Gasteiger partial charge in [-0.25, -0.2) is 0 Å². The van der Waals surface area contributed by atoms with Gasteiger partial charge in [0.2, 0.25) is 5.91 Å². The molecule has 2 aromatic carbocycles. The van der Waals surface area contributed by atoms with Gasteiger partial charge < -0.3 is 10.0 Å². The molecule has 0 aliphatic carbocycles. The van der Waals surface area contributed by atoms with E-state index in [1.165, 1.54) is 0 Å². The summed E-state index contributed by atoms with van der Waals surface area (Å²) >= 11 is 5.99. The van der Waals surface area contributed by atoms with E-state index < -0.39 is 6.10 Å². The number of para-hydroxylation sites is 1. The van der Waals surface area contributed by atoms with E-state index in [0.717, 1.165) is 22.2 Å². The number of halogens is 1. The van der Waals surface area contributed by atoms with E-state index in [1.807, 2.05) is 48.5 Å². The molecule has 1 aliphatic rings. The zero-order valence-corrected chi connectivity index (χ0v) is 15.6. The van der Waals surface area contributed by atoms with Gasteiger partial charge in [0.15, 0.2) is 0 Å². The number of carbonyl (C=O) groups is 1. The molecule has 2 atom stereocenters. The van der Waals surface area contributed by atoms with Gasteiger partial charge in [-0.3, -0.25) is 9.78 Å². The Morgan fingerprint density at radius 1 is 1.11 bits per heavy atom. The topological polar surface area (TPSA) is 53.4 Å². The summed E-state index contributed by atoms with van der Waals surface area (Å²) in [5.41, 5.74) is 2.79. The molecule has 4 nitrogen and oxygen atoms in total. The summed E-state index contributed by atoms with van der Waals surface area (Å²) in [5, 5.41) is 12.2. The Kier molecular flexibility index (Phi) is 5.10. The van der Waals surface area contributed by atoms with Crippen LogP contribution in [0.1, 0.15) is 11.3 Å². The van der Waals surface area contributed by atoms with Crippen LogP contribution in [0.15, 0.2) is 60.7 Å². The fourth-order valence-electron chi connectivity index (χ4n) is 3.68. The third kappa shape index (κ3) is 4.12. The standard InChI is InChI=1S/C22H21ClN2O2/c23-18-6-3-4-15(10-18)11-22(27)25-13-17(21(26)14-25)12-19-9-8-16-5-1-2-7-20(16)24-19/h1-10,17,21,26H,11-14H2/t17-,21-/m1/s1. The molecule has 0 spiro atoms. The maximum Gasteiger partial charge on any atom is 0.227 e. The number of benzene rings is 2. The van der Waals surface area contributed by atoms with Crippen LogP contribution in [0.3, 0.4) is 0 Å². The van der Waals surface area contributed by atoms with E-state index in [0.29, 0.717) is 31.0 Å². The fourth-order valence-corrected chi connectivity index (χ4v) is 3.90. The molecule has 0 bridgehead atoms. The van der Waals surface area contributed by atoms with Crippen LogP contribution in [-0.4, -0.2) is 40.1 Å². The Balaban J connectivity index is 1.42. The third-order valence-corrected chi connectivity index (χ3v) is 5.37. The molecule has 5 heteroatoms. The molecular weight excluding hydrogens is 360 g/mol. The average molecular weight is 381 g/mol. The molecule has 2 heterocycles. The Morgan fingerprint density at radius 3 is 2.81 bits per heavy atom. The average Bonchev–Trinajstić information content (AvgIpc) is 3.02. The second-order valence-electron chi connectivity index (χ2n) is 7.13. The number of amides is 1. The zero-order chi connectivity index (χ0) is 18.8. The number of nitrogens with zero attached hydrogens (tertiary/aromatic N) is 2. The first kappa shape index (κ1) is 18.0. The highest BCUT2D eigenvalue weighted by Crippen LogP contribution is 2.23. The highest BCUT2D eigenvalue weighted by atomic mass is 35.5. The molecule has 0 saturated carbocycles. The second kappa shape index (κ2) is 7.67. The van der Waals surface area contributed by atoms with Gasteiger partial charge in [0.1, 0.15) is 0 Å². The summed E-state index contributed by atoms with van der Waals surface area (Å²) in [6.07, 6.45) is 0.433. The Morgan fingerprint density at radius 2 is 1.96 bits per heavy atom. The van der Waals surface area contributed by atoms with Crippen molar-refractivity contribution < 1.29 is 9.90 Å². The van der Waals surface area contributed by atoms with Gasteiger partial charge in [-0.15, -0.1) is 0 Å². The highest BCUT2D eigenvalue weighted by molar-refractivity contribution is 6.30. The maximum atomic E-state index is 12.6. The number of hydrogen-bond acceptors (Lipinski definition) is 3. The first-order valence-electron chi connectivity index (χ1n) is 9.13. The van der Waals surface area contributed by atoms with Gasteiger partial charge in [0, 0.05) is 35.1 Å². The molecule has 0 unspecified atom stereocenters. The number of rotatable bonds is 4. The van der Waals surface area contributed by atoms with E-state index >= 15 is 0 Å². The van der Waals surface area contributed by atoms with Gasteiger partial charge >= 0.3 is 0 Å². The molecular formula is C22H21ClN2O2. The van der Waals surface area contributed by atoms with Crippen LogP contribution >= 0.6 is 11.6 Å². The Hall–Kier alpha value is -2.43. The van der Waals surface area contributed by atoms with E-state index in [2.05, 4.69) is 6.07 Å². The molecule has 3 aromatic rings. The van der Waals surface area contributed by atoms with Gasteiger partial charge in [0.25, 0.3) is 0 Å². The van der Waals surface area contributed by atoms with Crippen LogP contribution in [0.5, 0.6) is 0 Å². The molecule has 1 aliphatic heterocycles. The van der Waals surface area contributed by atoms with E-state index in [9.17, 15) is 9.90 Å². The van der Waals surface area contributed by atoms with Gasteiger partial charge in [-0.1, -0.05) is 48.0 Å². The summed E-state index contributed by atoms with van der Waals surface area (Å²) in [4.78, 5) is 19.0. The van der Waals surface area contributed by atoms with E-state index in [4.69, 9.17) is 16.6 Å². The van der Waals surface area contributed by atoms with Crippen LogP contribution in [0.25, 0.3) is 10.9 Å². The number of likely N-dealkylation sites (tertiary alicyclic amines) is 1. The SMILES string of the molecule is O=C(Cc1cccc(Cl)c1)N1C[C@@H](Cc2ccc3ccccc3n2)[C@H](O)C1. The minimum atomic E-state index is -0.526. The van der Waals surface area contributed by atoms with Gasteiger partial charge in [0.05, 0.1) is 18.0 Å². The Bertz CT molecular complexity index is 975. The summed E-state index contributed by atoms with van der Waals surface area (Å²) in [7, 11) is 0. The third-order valence-electron chi connectivity index (χ3n) is 5.13. The van der Waals surface area contributed by atoms with Crippen molar-refractivity contribution in [1.82, 2.24) is 9.88 Å². The normalized spacial score (nSPS) is 19.6. The molecule has 0 radical (unpaired) electrons. The van der Waals surface area contributed by atoms with Crippen molar-refractivity contribution in [2.75, 3.05) is 13.1 Å². The molecule has 1 amide bonds. The summed E-state index contributed by atoms with van der Waals surface area (Å²) < 4.78 is 0. The number of pyridine rings is 1. The quantitative estimate of drug-likeness (QED) is 0.753. The zero-order valence-electron chi connectivity index (χ0n) is 14.9. The van der Waals surface area contributed by atoms with Crippen LogP contribution in [-0.2, 0) is 17.6 Å². The number of aliphatic hydroxyl groups excluding tert-OH is 1. The van der Waals surface area contributed by atoms with Gasteiger partial charge in [-0.05, 0) is 36.2 Å². The molecule has 27 heavy (non-hydrogen) atoms. The summed E-state index contributed by atoms with van der Waals surface area (Å²) in [6.45, 7) is 0.923. The fraction of sp³-hybridized carbons (Fsp3) is 0.273. The molecule has 4 rings (SSSR count). The highest BCUT2D eigenvalue weighted by Gasteiger charge is 2.34. The Labute approximate surface area is 163 Å². The largest absolute Gasteiger partial charge is 0.391 e. The van der Waals surface area contributed by atoms with E-state index in [1.54, 1.807) is 11.0 Å².